The van der Waals surface area contributed by atoms with E-state index in [1.807, 2.05) is 6.26 Å². The third-order valence-corrected chi connectivity index (χ3v) is 4.92. The minimum atomic E-state index is -0.368. The van der Waals surface area contributed by atoms with E-state index in [1.54, 1.807) is 37.5 Å². The first kappa shape index (κ1) is 20.0. The van der Waals surface area contributed by atoms with Crippen molar-refractivity contribution in [2.75, 3.05) is 25.8 Å². The van der Waals surface area contributed by atoms with Gasteiger partial charge in [0.25, 0.3) is 5.91 Å². The number of aryl methyl sites for hydroxylation is 1. The number of methoxy groups -OCH3 is 2. The summed E-state index contributed by atoms with van der Waals surface area (Å²) in [6.45, 7) is 1.75. The van der Waals surface area contributed by atoms with Gasteiger partial charge in [0, 0.05) is 6.07 Å². The lowest BCUT2D eigenvalue weighted by Crippen LogP contribution is -2.17. The van der Waals surface area contributed by atoms with Crippen LogP contribution in [0, 0.1) is 6.92 Å². The molecule has 28 heavy (non-hydrogen) atoms. The highest BCUT2D eigenvalue weighted by Crippen LogP contribution is 2.36. The molecular weight excluding hydrogens is 402 g/mol. The summed E-state index contributed by atoms with van der Waals surface area (Å²) in [6.07, 6.45) is 3.39. The van der Waals surface area contributed by atoms with Gasteiger partial charge in [0.2, 0.25) is 0 Å². The number of hydrogen-bond acceptors (Lipinski definition) is 7. The van der Waals surface area contributed by atoms with Crippen molar-refractivity contribution in [3.05, 3.63) is 46.8 Å². The van der Waals surface area contributed by atoms with Crippen molar-refractivity contribution in [1.29, 1.82) is 0 Å². The molecule has 0 aliphatic carbocycles. The molecule has 0 saturated carbocycles. The maximum Gasteiger partial charge on any atom is 0.260 e. The van der Waals surface area contributed by atoms with Crippen LogP contribution in [0.25, 0.3) is 11.6 Å². The molecule has 0 fully saturated rings. The molecule has 0 saturated heterocycles. The van der Waals surface area contributed by atoms with E-state index in [9.17, 15) is 4.79 Å². The maximum absolute atomic E-state index is 13.0. The van der Waals surface area contributed by atoms with Gasteiger partial charge in [0.05, 0.1) is 42.5 Å². The summed E-state index contributed by atoms with van der Waals surface area (Å²) in [5.41, 5.74) is 1.32. The summed E-state index contributed by atoms with van der Waals surface area (Å²) >= 11 is 7.53. The van der Waals surface area contributed by atoms with E-state index in [0.717, 1.165) is 0 Å². The first-order valence-electron chi connectivity index (χ1n) is 8.17. The number of furan rings is 1. The first-order chi connectivity index (χ1) is 13.5. The Hall–Kier alpha value is -2.71. The summed E-state index contributed by atoms with van der Waals surface area (Å²) in [5, 5.41) is 3.71. The van der Waals surface area contributed by atoms with Crippen LogP contribution in [0.1, 0.15) is 16.1 Å². The van der Waals surface area contributed by atoms with Crippen molar-refractivity contribution >= 4 is 35.0 Å². The molecule has 3 aromatic rings. The molecule has 0 aliphatic rings. The molecule has 146 valence electrons. The van der Waals surface area contributed by atoms with Crippen molar-refractivity contribution in [2.24, 2.45) is 0 Å². The molecule has 0 spiro atoms. The first-order valence-corrected chi connectivity index (χ1v) is 9.78. The fraction of sp³-hybridized carbons (Fsp3) is 0.211. The van der Waals surface area contributed by atoms with Gasteiger partial charge in [-0.2, -0.15) is 0 Å². The second kappa shape index (κ2) is 8.53. The van der Waals surface area contributed by atoms with Gasteiger partial charge >= 0.3 is 0 Å². The minimum absolute atomic E-state index is 0.352. The van der Waals surface area contributed by atoms with Crippen LogP contribution in [0.15, 0.2) is 40.0 Å². The van der Waals surface area contributed by atoms with Crippen LogP contribution in [0.3, 0.4) is 0 Å². The van der Waals surface area contributed by atoms with Crippen LogP contribution >= 0.6 is 23.4 Å². The number of halogens is 1. The van der Waals surface area contributed by atoms with Crippen LogP contribution in [0.4, 0.5) is 5.69 Å². The molecule has 1 aromatic carbocycles. The van der Waals surface area contributed by atoms with Crippen LogP contribution in [-0.2, 0) is 0 Å². The lowest BCUT2D eigenvalue weighted by molar-refractivity contribution is 0.102. The third-order valence-electron chi connectivity index (χ3n) is 3.94. The van der Waals surface area contributed by atoms with E-state index >= 15 is 0 Å². The predicted octanol–water partition coefficient (Wildman–Crippen LogP) is 4.69. The Bertz CT molecular complexity index is 1010. The van der Waals surface area contributed by atoms with Gasteiger partial charge in [-0.1, -0.05) is 11.6 Å². The van der Waals surface area contributed by atoms with Crippen LogP contribution in [0.5, 0.6) is 11.5 Å². The Morgan fingerprint density at radius 2 is 1.96 bits per heavy atom. The summed E-state index contributed by atoms with van der Waals surface area (Å²) in [7, 11) is 3.00. The molecule has 1 N–H and O–H groups in total. The van der Waals surface area contributed by atoms with Gasteiger partial charge in [0.1, 0.15) is 16.5 Å². The largest absolute Gasteiger partial charge is 0.495 e. The lowest BCUT2D eigenvalue weighted by Gasteiger charge is -2.15. The number of hydrogen-bond donors (Lipinski definition) is 1. The zero-order valence-electron chi connectivity index (χ0n) is 15.7. The number of nitrogens with one attached hydrogen (secondary N) is 1. The van der Waals surface area contributed by atoms with E-state index in [0.29, 0.717) is 50.1 Å². The monoisotopic (exact) mass is 419 g/mol. The number of carbonyl (C=O) groups is 1. The number of thioether (sulfide) groups is 1. The van der Waals surface area contributed by atoms with Gasteiger partial charge in [-0.25, -0.2) is 9.97 Å². The normalized spacial score (nSPS) is 10.6. The summed E-state index contributed by atoms with van der Waals surface area (Å²) in [4.78, 5) is 21.9. The number of nitrogens with zero attached hydrogens (tertiary/aromatic N) is 2. The number of anilines is 1. The topological polar surface area (TPSA) is 86.5 Å². The molecule has 9 heteroatoms. The SMILES string of the molecule is COc1cc(OC)c(NC(=O)c2c(C)nc(-c3ccco3)nc2SC)cc1Cl. The molecule has 0 atom stereocenters. The Morgan fingerprint density at radius 1 is 1.21 bits per heavy atom. The van der Waals surface area contributed by atoms with Crippen LogP contribution < -0.4 is 14.8 Å². The lowest BCUT2D eigenvalue weighted by atomic mass is 10.2. The Kier molecular flexibility index (Phi) is 6.11. The van der Waals surface area contributed by atoms with Crippen molar-refractivity contribution in [1.82, 2.24) is 9.97 Å². The molecule has 3 rings (SSSR count). The second-order valence-corrected chi connectivity index (χ2v) is 6.84. The third kappa shape index (κ3) is 3.93. The summed E-state index contributed by atoms with van der Waals surface area (Å²) in [5.74, 6) is 1.46. The van der Waals surface area contributed by atoms with E-state index < -0.39 is 0 Å². The fourth-order valence-electron chi connectivity index (χ4n) is 2.61. The fourth-order valence-corrected chi connectivity index (χ4v) is 3.48. The molecule has 0 aliphatic heterocycles. The number of benzene rings is 1. The summed E-state index contributed by atoms with van der Waals surface area (Å²) in [6, 6.07) is 6.70. The van der Waals surface area contributed by atoms with Gasteiger partial charge in [0.15, 0.2) is 11.6 Å². The average Bonchev–Trinajstić information content (AvgIpc) is 3.22. The van der Waals surface area contributed by atoms with Crippen molar-refractivity contribution in [3.8, 4) is 23.1 Å². The number of rotatable bonds is 6. The minimum Gasteiger partial charge on any atom is -0.495 e. The molecule has 0 bridgehead atoms. The Labute approximate surface area is 171 Å². The van der Waals surface area contributed by atoms with Crippen LogP contribution in [0.2, 0.25) is 5.02 Å². The predicted molar refractivity (Wildman–Crippen MR) is 109 cm³/mol. The zero-order chi connectivity index (χ0) is 20.3. The van der Waals surface area contributed by atoms with E-state index in [-0.39, 0.29) is 5.91 Å². The van der Waals surface area contributed by atoms with Crippen molar-refractivity contribution in [2.45, 2.75) is 11.9 Å². The molecule has 1 amide bonds. The number of aromatic nitrogens is 2. The van der Waals surface area contributed by atoms with Gasteiger partial charge in [-0.3, -0.25) is 4.79 Å². The highest BCUT2D eigenvalue weighted by molar-refractivity contribution is 7.98. The maximum atomic E-state index is 13.0. The van der Waals surface area contributed by atoms with Crippen molar-refractivity contribution < 1.29 is 18.7 Å². The van der Waals surface area contributed by atoms with Crippen LogP contribution in [-0.4, -0.2) is 36.4 Å². The van der Waals surface area contributed by atoms with Gasteiger partial charge < -0.3 is 19.2 Å². The number of ether oxygens (including phenoxy) is 2. The molecule has 2 heterocycles. The Morgan fingerprint density at radius 3 is 2.57 bits per heavy atom. The molecular formula is C19H18ClN3O4S. The standard InChI is InChI=1S/C19H18ClN3O4S/c1-10-16(19(28-4)23-17(21-10)13-6-5-7-27-13)18(24)22-12-8-11(20)14(25-2)9-15(12)26-3/h5-9H,1-4H3,(H,22,24). The summed E-state index contributed by atoms with van der Waals surface area (Å²) < 4.78 is 15.9. The molecule has 2 aromatic heterocycles. The van der Waals surface area contributed by atoms with Gasteiger partial charge in [-0.15, -0.1) is 11.8 Å². The second-order valence-electron chi connectivity index (χ2n) is 5.64. The molecule has 0 unspecified atom stereocenters. The molecule has 7 nitrogen and oxygen atoms in total. The van der Waals surface area contributed by atoms with Gasteiger partial charge in [-0.05, 0) is 31.4 Å². The average molecular weight is 420 g/mol. The smallest absolute Gasteiger partial charge is 0.260 e. The highest BCUT2D eigenvalue weighted by Gasteiger charge is 2.21. The van der Waals surface area contributed by atoms with E-state index in [4.69, 9.17) is 25.5 Å². The molecule has 0 radical (unpaired) electrons. The Balaban J connectivity index is 1.98. The zero-order valence-corrected chi connectivity index (χ0v) is 17.3. The van der Waals surface area contributed by atoms with E-state index in [2.05, 4.69) is 15.3 Å². The van der Waals surface area contributed by atoms with E-state index in [1.165, 1.54) is 26.0 Å². The van der Waals surface area contributed by atoms with Crippen molar-refractivity contribution in [3.63, 3.8) is 0 Å². The quantitative estimate of drug-likeness (QED) is 0.458. The highest BCUT2D eigenvalue weighted by atomic mass is 35.5. The number of amides is 1. The number of carbonyl (C=O) groups excluding carboxylic acids is 1.